The molecule has 0 aliphatic heterocycles. The Bertz CT molecular complexity index is 1140. The number of methoxy groups -OCH3 is 2. The molecule has 9 nitrogen and oxygen atoms in total. The summed E-state index contributed by atoms with van der Waals surface area (Å²) in [5, 5.41) is 14.7. The van der Waals surface area contributed by atoms with Gasteiger partial charge in [-0.1, -0.05) is 31.0 Å². The van der Waals surface area contributed by atoms with Gasteiger partial charge in [-0.25, -0.2) is 9.61 Å². The van der Waals surface area contributed by atoms with Gasteiger partial charge in [0, 0.05) is 11.6 Å². The van der Waals surface area contributed by atoms with Crippen molar-refractivity contribution in [1.29, 1.82) is 0 Å². The Morgan fingerprint density at radius 2 is 1.97 bits per heavy atom. The first-order chi connectivity index (χ1) is 15.1. The van der Waals surface area contributed by atoms with Gasteiger partial charge in [0.05, 0.1) is 25.7 Å². The zero-order chi connectivity index (χ0) is 21.8. The Hall–Kier alpha value is -3.01. The molecule has 1 aliphatic rings. The van der Waals surface area contributed by atoms with E-state index in [1.807, 2.05) is 6.07 Å². The topological polar surface area (TPSA) is 111 Å². The number of thioether (sulfide) groups is 1. The van der Waals surface area contributed by atoms with Crippen molar-refractivity contribution in [2.75, 3.05) is 20.0 Å². The highest BCUT2D eigenvalue weighted by Crippen LogP contribution is 2.32. The van der Waals surface area contributed by atoms with Gasteiger partial charge in [0.1, 0.15) is 5.52 Å². The number of benzene rings is 1. The number of carbonyl (C=O) groups excluding carboxylic acids is 1. The maximum atomic E-state index is 12.4. The van der Waals surface area contributed by atoms with Crippen LogP contribution < -0.4 is 20.3 Å². The number of fused-ring (bicyclic) bond motifs is 1. The van der Waals surface area contributed by atoms with E-state index in [9.17, 15) is 9.59 Å². The number of H-pyrrole nitrogens is 1. The van der Waals surface area contributed by atoms with Gasteiger partial charge >= 0.3 is 0 Å². The highest BCUT2D eigenvalue weighted by atomic mass is 32.2. The summed E-state index contributed by atoms with van der Waals surface area (Å²) in [5.74, 6) is 1.34. The lowest BCUT2D eigenvalue weighted by Gasteiger charge is -2.22. The van der Waals surface area contributed by atoms with Crippen molar-refractivity contribution in [1.82, 2.24) is 25.1 Å². The third-order valence-electron chi connectivity index (χ3n) is 5.36. The van der Waals surface area contributed by atoms with E-state index in [0.29, 0.717) is 27.9 Å². The van der Waals surface area contributed by atoms with Crippen molar-refractivity contribution in [3.05, 3.63) is 34.6 Å². The molecule has 0 atom stereocenters. The first kappa shape index (κ1) is 21.2. The summed E-state index contributed by atoms with van der Waals surface area (Å²) in [4.78, 5) is 24.6. The highest BCUT2D eigenvalue weighted by Gasteiger charge is 2.18. The number of hydrogen-bond donors (Lipinski definition) is 2. The van der Waals surface area contributed by atoms with Crippen LogP contribution in [0.1, 0.15) is 32.1 Å². The van der Waals surface area contributed by atoms with Crippen LogP contribution in [0.25, 0.3) is 16.8 Å². The fourth-order valence-electron chi connectivity index (χ4n) is 3.77. The molecule has 164 valence electrons. The van der Waals surface area contributed by atoms with E-state index in [-0.39, 0.29) is 23.3 Å². The summed E-state index contributed by atoms with van der Waals surface area (Å²) >= 11 is 1.24. The molecule has 1 saturated carbocycles. The maximum Gasteiger partial charge on any atom is 0.290 e. The molecular weight excluding hydrogens is 418 g/mol. The largest absolute Gasteiger partial charge is 0.493 e. The summed E-state index contributed by atoms with van der Waals surface area (Å²) in [6, 6.07) is 7.37. The molecule has 4 rings (SSSR count). The average molecular weight is 444 g/mol. The quantitative estimate of drug-likeness (QED) is 0.540. The van der Waals surface area contributed by atoms with Crippen LogP contribution in [-0.4, -0.2) is 51.7 Å². The maximum absolute atomic E-state index is 12.4. The number of hydrogen-bond acceptors (Lipinski definition) is 7. The molecule has 1 amide bonds. The molecule has 2 heterocycles. The first-order valence-electron chi connectivity index (χ1n) is 10.2. The van der Waals surface area contributed by atoms with Crippen LogP contribution in [0, 0.1) is 0 Å². The molecule has 0 saturated heterocycles. The highest BCUT2D eigenvalue weighted by molar-refractivity contribution is 7.99. The van der Waals surface area contributed by atoms with Crippen molar-refractivity contribution in [2.45, 2.75) is 43.3 Å². The predicted octanol–water partition coefficient (Wildman–Crippen LogP) is 2.64. The van der Waals surface area contributed by atoms with E-state index in [1.54, 1.807) is 32.4 Å². The summed E-state index contributed by atoms with van der Waals surface area (Å²) in [7, 11) is 3.13. The van der Waals surface area contributed by atoms with Gasteiger partial charge in [-0.15, -0.1) is 5.10 Å². The van der Waals surface area contributed by atoms with E-state index in [2.05, 4.69) is 20.6 Å². The minimum atomic E-state index is -0.352. The lowest BCUT2D eigenvalue weighted by Crippen LogP contribution is -2.37. The Kier molecular flexibility index (Phi) is 6.45. The minimum absolute atomic E-state index is 0.0367. The van der Waals surface area contributed by atoms with Crippen LogP contribution in [0.4, 0.5) is 0 Å². The van der Waals surface area contributed by atoms with Crippen molar-refractivity contribution >= 4 is 23.2 Å². The van der Waals surface area contributed by atoms with Gasteiger partial charge < -0.3 is 14.8 Å². The van der Waals surface area contributed by atoms with E-state index < -0.39 is 0 Å². The van der Waals surface area contributed by atoms with Gasteiger partial charge in [-0.3, -0.25) is 9.59 Å². The van der Waals surface area contributed by atoms with Gasteiger partial charge in [0.15, 0.2) is 11.5 Å². The number of nitrogens with one attached hydrogen (secondary N) is 2. The summed E-state index contributed by atoms with van der Waals surface area (Å²) in [6.07, 6.45) is 5.62. The number of carbonyl (C=O) groups is 1. The van der Waals surface area contributed by atoms with Crippen LogP contribution in [0.3, 0.4) is 0 Å². The molecule has 0 radical (unpaired) electrons. The predicted molar refractivity (Wildman–Crippen MR) is 118 cm³/mol. The molecular formula is C21H25N5O4S. The molecule has 10 heteroatoms. The fourth-order valence-corrected chi connectivity index (χ4v) is 4.48. The SMILES string of the molecule is COc1ccc(-c2cc3c(=O)[nH]nc(SCC(=O)NC4CCCCC4)n3n2)cc1OC. The molecule has 3 aromatic rings. The zero-order valence-corrected chi connectivity index (χ0v) is 18.3. The molecule has 1 aromatic carbocycles. The number of amides is 1. The van der Waals surface area contributed by atoms with Crippen molar-refractivity contribution in [3.63, 3.8) is 0 Å². The molecule has 1 fully saturated rings. The second-order valence-electron chi connectivity index (χ2n) is 7.42. The number of aromatic nitrogens is 4. The Morgan fingerprint density at radius 3 is 2.71 bits per heavy atom. The molecule has 2 N–H and O–H groups in total. The van der Waals surface area contributed by atoms with Crippen LogP contribution in [0.5, 0.6) is 11.5 Å². The lowest BCUT2D eigenvalue weighted by atomic mass is 9.95. The van der Waals surface area contributed by atoms with E-state index >= 15 is 0 Å². The standard InChI is InChI=1S/C21H25N5O4S/c1-29-17-9-8-13(10-18(17)30-2)15-11-16-20(28)23-24-21(26(16)25-15)31-12-19(27)22-14-6-4-3-5-7-14/h8-11,14H,3-7,12H2,1-2H3,(H,22,27)(H,23,28). The number of nitrogens with zero attached hydrogens (tertiary/aromatic N) is 3. The third kappa shape index (κ3) is 4.68. The Labute approximate surface area is 183 Å². The lowest BCUT2D eigenvalue weighted by molar-refractivity contribution is -0.119. The molecule has 31 heavy (non-hydrogen) atoms. The van der Waals surface area contributed by atoms with Crippen LogP contribution >= 0.6 is 11.8 Å². The van der Waals surface area contributed by atoms with Crippen LogP contribution in [-0.2, 0) is 4.79 Å². The molecule has 0 bridgehead atoms. The Balaban J connectivity index is 1.55. The fraction of sp³-hybridized carbons (Fsp3) is 0.429. The first-order valence-corrected chi connectivity index (χ1v) is 11.2. The van der Waals surface area contributed by atoms with Gasteiger partial charge in [-0.2, -0.15) is 5.10 Å². The second kappa shape index (κ2) is 9.42. The normalized spacial score (nSPS) is 14.5. The van der Waals surface area contributed by atoms with Gasteiger partial charge in [-0.05, 0) is 37.1 Å². The summed E-state index contributed by atoms with van der Waals surface area (Å²) < 4.78 is 12.1. The monoisotopic (exact) mass is 443 g/mol. The van der Waals surface area contributed by atoms with Crippen LogP contribution in [0.2, 0.25) is 0 Å². The molecule has 0 spiro atoms. The molecule has 2 aromatic heterocycles. The van der Waals surface area contributed by atoms with E-state index in [4.69, 9.17) is 9.47 Å². The van der Waals surface area contributed by atoms with E-state index in [0.717, 1.165) is 31.2 Å². The van der Waals surface area contributed by atoms with Crippen molar-refractivity contribution in [3.8, 4) is 22.8 Å². The van der Waals surface area contributed by atoms with Crippen molar-refractivity contribution < 1.29 is 14.3 Å². The molecule has 1 aliphatic carbocycles. The van der Waals surface area contributed by atoms with Crippen LogP contribution in [0.15, 0.2) is 34.2 Å². The zero-order valence-electron chi connectivity index (χ0n) is 17.5. The van der Waals surface area contributed by atoms with E-state index in [1.165, 1.54) is 22.7 Å². The smallest absolute Gasteiger partial charge is 0.290 e. The third-order valence-corrected chi connectivity index (χ3v) is 6.29. The Morgan fingerprint density at radius 1 is 1.19 bits per heavy atom. The van der Waals surface area contributed by atoms with Crippen molar-refractivity contribution in [2.24, 2.45) is 0 Å². The summed E-state index contributed by atoms with van der Waals surface area (Å²) in [5.41, 5.74) is 1.37. The van der Waals surface area contributed by atoms with Gasteiger partial charge in [0.2, 0.25) is 11.1 Å². The average Bonchev–Trinajstić information content (AvgIpc) is 3.25. The minimum Gasteiger partial charge on any atom is -0.493 e. The number of rotatable bonds is 7. The summed E-state index contributed by atoms with van der Waals surface area (Å²) in [6.45, 7) is 0. The van der Waals surface area contributed by atoms with Gasteiger partial charge in [0.25, 0.3) is 5.56 Å². The molecule has 0 unspecified atom stereocenters. The number of aromatic amines is 1. The second-order valence-corrected chi connectivity index (χ2v) is 8.37. The number of ether oxygens (including phenoxy) is 2.